The van der Waals surface area contributed by atoms with Crippen molar-refractivity contribution in [3.8, 4) is 11.5 Å². The van der Waals surface area contributed by atoms with Gasteiger partial charge in [0.15, 0.2) is 0 Å². The minimum atomic E-state index is -0.232. The maximum Gasteiger partial charge on any atom is 0.255 e. The predicted molar refractivity (Wildman–Crippen MR) is 138 cm³/mol. The minimum Gasteiger partial charge on any atom is -0.496 e. The Morgan fingerprint density at radius 2 is 1.59 bits per heavy atom. The third kappa shape index (κ3) is 7.33. The van der Waals surface area contributed by atoms with Crippen LogP contribution >= 0.6 is 15.9 Å². The van der Waals surface area contributed by atoms with Gasteiger partial charge in [0, 0.05) is 33.5 Å². The second-order valence-corrected chi connectivity index (χ2v) is 8.58. The van der Waals surface area contributed by atoms with Crippen molar-refractivity contribution < 1.29 is 19.1 Å². The van der Waals surface area contributed by atoms with Gasteiger partial charge in [-0.2, -0.15) is 0 Å². The molecule has 0 atom stereocenters. The first-order valence-electron chi connectivity index (χ1n) is 10.8. The molecule has 0 aliphatic carbocycles. The molecule has 0 saturated carbocycles. The highest BCUT2D eigenvalue weighted by molar-refractivity contribution is 9.10. The van der Waals surface area contributed by atoms with Crippen molar-refractivity contribution >= 4 is 39.1 Å². The molecule has 3 aromatic carbocycles. The zero-order valence-electron chi connectivity index (χ0n) is 19.4. The molecule has 0 aromatic heterocycles. The Morgan fingerprint density at radius 1 is 0.941 bits per heavy atom. The van der Waals surface area contributed by atoms with E-state index in [1.54, 1.807) is 43.5 Å². The molecule has 2 amide bonds. The highest BCUT2D eigenvalue weighted by atomic mass is 79.9. The summed E-state index contributed by atoms with van der Waals surface area (Å²) in [5.74, 6) is 1.14. The quantitative estimate of drug-likeness (QED) is 0.381. The maximum absolute atomic E-state index is 12.5. The number of amides is 2. The fourth-order valence-electron chi connectivity index (χ4n) is 3.37. The number of hydrogen-bond acceptors (Lipinski definition) is 5. The van der Waals surface area contributed by atoms with Gasteiger partial charge in [-0.3, -0.25) is 14.5 Å². The normalized spacial score (nSPS) is 10.6. The van der Waals surface area contributed by atoms with Gasteiger partial charge in [-0.1, -0.05) is 15.9 Å². The molecule has 0 saturated heterocycles. The first kappa shape index (κ1) is 25.3. The third-order valence-corrected chi connectivity index (χ3v) is 5.44. The fourth-order valence-corrected chi connectivity index (χ4v) is 3.78. The zero-order valence-corrected chi connectivity index (χ0v) is 21.0. The molecule has 34 heavy (non-hydrogen) atoms. The second kappa shape index (κ2) is 12.2. The standard InChI is InChI=1S/C26H28BrN3O4/c1-4-34-23-12-10-22(11-13-23)29-26(32)18-5-8-21(9-6-18)28-25(31)17-30(2)16-19-15-20(27)7-14-24(19)33-3/h5-15H,4,16-17H2,1-3H3,(H,28,31)(H,29,32). The zero-order chi connectivity index (χ0) is 24.5. The average molecular weight is 526 g/mol. The number of methoxy groups -OCH3 is 1. The van der Waals surface area contributed by atoms with Gasteiger partial charge in [-0.05, 0) is 80.7 Å². The maximum atomic E-state index is 12.5. The number of rotatable bonds is 10. The Hall–Kier alpha value is -3.36. The van der Waals surface area contributed by atoms with Crippen LogP contribution in [0.1, 0.15) is 22.8 Å². The fraction of sp³-hybridized carbons (Fsp3) is 0.231. The molecular formula is C26H28BrN3O4. The van der Waals surface area contributed by atoms with Crippen LogP contribution in [0.5, 0.6) is 11.5 Å². The van der Waals surface area contributed by atoms with Crippen LogP contribution in [0.15, 0.2) is 71.2 Å². The van der Waals surface area contributed by atoms with Crippen LogP contribution in [-0.4, -0.2) is 44.0 Å². The van der Waals surface area contributed by atoms with Gasteiger partial charge in [0.05, 0.1) is 20.3 Å². The lowest BCUT2D eigenvalue weighted by Crippen LogP contribution is -2.30. The van der Waals surface area contributed by atoms with E-state index in [1.165, 1.54) is 0 Å². The van der Waals surface area contributed by atoms with E-state index in [0.29, 0.717) is 30.1 Å². The molecule has 0 radical (unpaired) electrons. The number of ether oxygens (including phenoxy) is 2. The van der Waals surface area contributed by atoms with Gasteiger partial charge in [0.25, 0.3) is 5.91 Å². The highest BCUT2D eigenvalue weighted by Gasteiger charge is 2.12. The summed E-state index contributed by atoms with van der Waals surface area (Å²) < 4.78 is 11.8. The molecule has 0 heterocycles. The molecule has 0 fully saturated rings. The number of likely N-dealkylation sites (N-methyl/N-ethyl adjacent to an activating group) is 1. The Morgan fingerprint density at radius 3 is 2.24 bits per heavy atom. The van der Waals surface area contributed by atoms with E-state index in [0.717, 1.165) is 21.5 Å². The third-order valence-electron chi connectivity index (χ3n) is 4.95. The molecule has 178 valence electrons. The number of nitrogens with one attached hydrogen (secondary N) is 2. The van der Waals surface area contributed by atoms with E-state index >= 15 is 0 Å². The van der Waals surface area contributed by atoms with E-state index in [2.05, 4.69) is 26.6 Å². The first-order chi connectivity index (χ1) is 16.4. The molecule has 0 aliphatic heterocycles. The van der Waals surface area contributed by atoms with Crippen LogP contribution in [0, 0.1) is 0 Å². The van der Waals surface area contributed by atoms with Crippen molar-refractivity contribution in [3.63, 3.8) is 0 Å². The number of benzene rings is 3. The summed E-state index contributed by atoms with van der Waals surface area (Å²) in [6.45, 7) is 3.27. The van der Waals surface area contributed by atoms with Gasteiger partial charge in [-0.25, -0.2) is 0 Å². The number of carbonyl (C=O) groups is 2. The summed E-state index contributed by atoms with van der Waals surface area (Å²) in [5, 5.41) is 5.71. The largest absolute Gasteiger partial charge is 0.496 e. The molecule has 2 N–H and O–H groups in total. The van der Waals surface area contributed by atoms with E-state index in [1.807, 2.05) is 49.2 Å². The number of nitrogens with zero attached hydrogens (tertiary/aromatic N) is 1. The molecule has 3 aromatic rings. The van der Waals surface area contributed by atoms with E-state index < -0.39 is 0 Å². The lowest BCUT2D eigenvalue weighted by molar-refractivity contribution is -0.117. The molecule has 0 spiro atoms. The summed E-state index contributed by atoms with van der Waals surface area (Å²) in [7, 11) is 3.50. The molecule has 3 rings (SSSR count). The van der Waals surface area contributed by atoms with Crippen molar-refractivity contribution in [1.82, 2.24) is 4.90 Å². The summed E-state index contributed by atoms with van der Waals surface area (Å²) >= 11 is 3.47. The predicted octanol–water partition coefficient (Wildman–Crippen LogP) is 5.18. The van der Waals surface area contributed by atoms with Gasteiger partial charge >= 0.3 is 0 Å². The summed E-state index contributed by atoms with van der Waals surface area (Å²) in [6.07, 6.45) is 0. The van der Waals surface area contributed by atoms with Crippen LogP contribution in [0.2, 0.25) is 0 Å². The van der Waals surface area contributed by atoms with Crippen LogP contribution in [0.3, 0.4) is 0 Å². The van der Waals surface area contributed by atoms with Crippen LogP contribution < -0.4 is 20.1 Å². The molecular weight excluding hydrogens is 498 g/mol. The van der Waals surface area contributed by atoms with E-state index in [4.69, 9.17) is 9.47 Å². The number of carbonyl (C=O) groups excluding carboxylic acids is 2. The lowest BCUT2D eigenvalue weighted by Gasteiger charge is -2.18. The monoisotopic (exact) mass is 525 g/mol. The SMILES string of the molecule is CCOc1ccc(NC(=O)c2ccc(NC(=O)CN(C)Cc3cc(Br)ccc3OC)cc2)cc1. The van der Waals surface area contributed by atoms with Gasteiger partial charge in [-0.15, -0.1) is 0 Å². The average Bonchev–Trinajstić information content (AvgIpc) is 2.81. The van der Waals surface area contributed by atoms with Crippen LogP contribution in [0.25, 0.3) is 0 Å². The van der Waals surface area contributed by atoms with Gasteiger partial charge in [0.1, 0.15) is 11.5 Å². The number of anilines is 2. The number of hydrogen-bond donors (Lipinski definition) is 2. The lowest BCUT2D eigenvalue weighted by atomic mass is 10.2. The van der Waals surface area contributed by atoms with Crippen LogP contribution in [0.4, 0.5) is 11.4 Å². The van der Waals surface area contributed by atoms with Gasteiger partial charge < -0.3 is 20.1 Å². The smallest absolute Gasteiger partial charge is 0.255 e. The molecule has 0 unspecified atom stereocenters. The molecule has 8 heteroatoms. The number of halogens is 1. The second-order valence-electron chi connectivity index (χ2n) is 7.67. The van der Waals surface area contributed by atoms with Crippen molar-refractivity contribution in [1.29, 1.82) is 0 Å². The van der Waals surface area contributed by atoms with Crippen molar-refractivity contribution in [2.45, 2.75) is 13.5 Å². The van der Waals surface area contributed by atoms with Crippen molar-refractivity contribution in [2.75, 3.05) is 37.9 Å². The molecule has 0 bridgehead atoms. The minimum absolute atomic E-state index is 0.150. The van der Waals surface area contributed by atoms with Crippen LogP contribution in [-0.2, 0) is 11.3 Å². The molecule has 0 aliphatic rings. The Balaban J connectivity index is 1.52. The van der Waals surface area contributed by atoms with Gasteiger partial charge in [0.2, 0.25) is 5.91 Å². The first-order valence-corrected chi connectivity index (χ1v) is 11.6. The van der Waals surface area contributed by atoms with E-state index in [-0.39, 0.29) is 18.4 Å². The molecule has 7 nitrogen and oxygen atoms in total. The highest BCUT2D eigenvalue weighted by Crippen LogP contribution is 2.24. The Bertz CT molecular complexity index is 1120. The topological polar surface area (TPSA) is 79.9 Å². The van der Waals surface area contributed by atoms with Crippen molar-refractivity contribution in [2.24, 2.45) is 0 Å². The summed E-state index contributed by atoms with van der Waals surface area (Å²) in [4.78, 5) is 26.9. The van der Waals surface area contributed by atoms with E-state index in [9.17, 15) is 9.59 Å². The van der Waals surface area contributed by atoms with Crippen molar-refractivity contribution in [3.05, 3.63) is 82.3 Å². The Kier molecular flexibility index (Phi) is 9.07. The summed E-state index contributed by atoms with van der Waals surface area (Å²) in [5.41, 5.74) is 2.77. The Labute approximate surface area is 208 Å². The summed E-state index contributed by atoms with van der Waals surface area (Å²) in [6, 6.07) is 19.7.